The van der Waals surface area contributed by atoms with Gasteiger partial charge in [0.05, 0.1) is 58.6 Å². The highest BCUT2D eigenvalue weighted by Gasteiger charge is 2.44. The third kappa shape index (κ3) is 9.94. The van der Waals surface area contributed by atoms with Crippen molar-refractivity contribution in [3.63, 3.8) is 0 Å². The summed E-state index contributed by atoms with van der Waals surface area (Å²) in [7, 11) is 2.59. The van der Waals surface area contributed by atoms with E-state index in [0.717, 1.165) is 87.4 Å². The number of ether oxygens (including phenoxy) is 5. The van der Waals surface area contributed by atoms with E-state index in [4.69, 9.17) is 38.7 Å². The maximum absolute atomic E-state index is 17.1. The van der Waals surface area contributed by atoms with Crippen LogP contribution in [-0.2, 0) is 28.5 Å². The monoisotopic (exact) mass is 1060 g/mol. The van der Waals surface area contributed by atoms with E-state index < -0.39 is 41.9 Å². The average molecular weight is 1060 g/mol. The number of likely N-dealkylation sites (tertiary alicyclic amines) is 2. The molecule has 0 bridgehead atoms. The molecule has 17 nitrogen and oxygen atoms in total. The number of carbonyl (C=O) groups is 4. The van der Waals surface area contributed by atoms with Gasteiger partial charge in [0.15, 0.2) is 0 Å². The second-order valence-corrected chi connectivity index (χ2v) is 23.2. The van der Waals surface area contributed by atoms with Gasteiger partial charge in [-0.05, 0) is 130 Å². The van der Waals surface area contributed by atoms with Gasteiger partial charge in [-0.2, -0.15) is 0 Å². The molecule has 2 aromatic heterocycles. The molecule has 76 heavy (non-hydrogen) atoms. The molecule has 0 spiro atoms. The number of nitrogens with zero attached hydrogens (tertiary/aromatic N) is 6. The molecule has 4 amide bonds. The Kier molecular flexibility index (Phi) is 14.4. The number of halogens is 1. The smallest absolute Gasteiger partial charge is 0.407 e. The maximum Gasteiger partial charge on any atom is 0.407 e. The van der Waals surface area contributed by atoms with Crippen LogP contribution in [0.1, 0.15) is 125 Å². The number of allylic oxidation sites excluding steroid dienone is 2. The molecule has 6 atom stereocenters. The maximum atomic E-state index is 17.1. The Hall–Kier alpha value is -6.44. The zero-order chi connectivity index (χ0) is 53.0. The van der Waals surface area contributed by atoms with Crippen LogP contribution in [0, 0.1) is 17.7 Å². The molecule has 9 heterocycles. The normalized spacial score (nSPS) is 24.0. The van der Waals surface area contributed by atoms with E-state index in [9.17, 15) is 19.2 Å². The fourth-order valence-electron chi connectivity index (χ4n) is 12.5. The number of carbonyl (C=O) groups excluding carboxylic acids is 4. The lowest BCUT2D eigenvalue weighted by atomic mass is 9.82. The van der Waals surface area contributed by atoms with Crippen LogP contribution in [0.15, 0.2) is 65.0 Å². The summed E-state index contributed by atoms with van der Waals surface area (Å²) in [4.78, 5) is 72.6. The van der Waals surface area contributed by atoms with Crippen molar-refractivity contribution in [3.8, 4) is 17.0 Å². The Labute approximate surface area is 445 Å². The third-order valence-corrected chi connectivity index (χ3v) is 17.6. The highest BCUT2D eigenvalue weighted by atomic mass is 32.1. The lowest BCUT2D eigenvalue weighted by Crippen LogP contribution is -2.56. The van der Waals surface area contributed by atoms with Gasteiger partial charge < -0.3 is 44.1 Å². The van der Waals surface area contributed by atoms with Crippen molar-refractivity contribution < 1.29 is 47.3 Å². The third-order valence-electron chi connectivity index (χ3n) is 16.4. The first-order valence-corrected chi connectivity index (χ1v) is 27.6. The molecule has 4 aromatic rings. The summed E-state index contributed by atoms with van der Waals surface area (Å²) in [6.07, 6.45) is 10.8. The summed E-state index contributed by atoms with van der Waals surface area (Å²) in [6.45, 7) is 10.8. The molecule has 7 aliphatic rings. The number of hydrogen-bond acceptors (Lipinski definition) is 13. The highest BCUT2D eigenvalue weighted by molar-refractivity contribution is 7.11. The molecular weight excluding hydrogens is 992 g/mol. The van der Waals surface area contributed by atoms with Crippen molar-refractivity contribution in [2.75, 3.05) is 47.1 Å². The second kappa shape index (κ2) is 21.2. The van der Waals surface area contributed by atoms with Crippen molar-refractivity contribution in [3.05, 3.63) is 81.8 Å². The van der Waals surface area contributed by atoms with Crippen molar-refractivity contribution >= 4 is 68.8 Å². The van der Waals surface area contributed by atoms with Crippen molar-refractivity contribution in [2.24, 2.45) is 21.8 Å². The molecule has 4 saturated heterocycles. The first kappa shape index (κ1) is 51.7. The lowest BCUT2D eigenvalue weighted by Gasteiger charge is -2.40. The fraction of sp³-hybridized carbons (Fsp3) is 0.526. The van der Waals surface area contributed by atoms with Gasteiger partial charge in [-0.25, -0.2) is 19.0 Å². The average Bonchev–Trinajstić information content (AvgIpc) is 4.32. The van der Waals surface area contributed by atoms with E-state index in [1.54, 1.807) is 23.6 Å². The molecule has 2 aromatic carbocycles. The molecule has 4 fully saturated rings. The number of aliphatic imine (C=N–C) groups is 2. The summed E-state index contributed by atoms with van der Waals surface area (Å²) in [6, 6.07) is 9.80. The van der Waals surface area contributed by atoms with Gasteiger partial charge in [-0.3, -0.25) is 24.1 Å². The van der Waals surface area contributed by atoms with Crippen LogP contribution >= 0.6 is 11.3 Å². The van der Waals surface area contributed by atoms with Crippen LogP contribution in [0.5, 0.6) is 5.75 Å². The van der Waals surface area contributed by atoms with E-state index in [-0.39, 0.29) is 41.7 Å². The fourth-order valence-corrected chi connectivity index (χ4v) is 13.6. The van der Waals surface area contributed by atoms with E-state index in [1.165, 1.54) is 14.2 Å². The first-order chi connectivity index (χ1) is 36.7. The van der Waals surface area contributed by atoms with Crippen LogP contribution in [-0.4, -0.2) is 132 Å². The first-order valence-electron chi connectivity index (χ1n) is 26.8. The number of aromatic nitrogens is 2. The number of benzene rings is 2. The van der Waals surface area contributed by atoms with E-state index >= 15 is 4.39 Å². The van der Waals surface area contributed by atoms with E-state index in [1.807, 2.05) is 62.0 Å². The summed E-state index contributed by atoms with van der Waals surface area (Å²) in [5, 5.41) is 7.54. The molecule has 11 rings (SSSR count). The van der Waals surface area contributed by atoms with Gasteiger partial charge >= 0.3 is 12.2 Å². The zero-order valence-corrected chi connectivity index (χ0v) is 44.9. The topological polar surface area (TPSA) is 188 Å². The number of methoxy groups -OCH3 is 2. The van der Waals surface area contributed by atoms with Crippen molar-refractivity contribution in [1.82, 2.24) is 30.0 Å². The predicted octanol–water partition coefficient (Wildman–Crippen LogP) is 9.40. The van der Waals surface area contributed by atoms with Crippen molar-refractivity contribution in [1.29, 1.82) is 0 Å². The lowest BCUT2D eigenvalue weighted by molar-refractivity contribution is -0.138. The predicted molar refractivity (Wildman–Crippen MR) is 287 cm³/mol. The zero-order valence-electron chi connectivity index (χ0n) is 44.1. The van der Waals surface area contributed by atoms with Crippen LogP contribution in [0.4, 0.5) is 14.0 Å². The molecule has 3 unspecified atom stereocenters. The molecule has 0 aliphatic carbocycles. The Balaban J connectivity index is 0.860. The van der Waals surface area contributed by atoms with Crippen molar-refractivity contribution in [2.45, 2.75) is 134 Å². The van der Waals surface area contributed by atoms with Crippen LogP contribution < -0.4 is 15.4 Å². The standard InChI is InChI=1S/C57H67FN8O9S/c1-31(2)49(62-55(69)71-5)52(67)64-16-7-9-43(64)41-24-38(29-60-41)35-22-39(58)48-45-25-36-21-33(11-12-42(36)66(45)54(75-46(48)26-35)47-30-61-51(76-47)32-13-18-73-19-14-32)37-23-40(59-28-37)44-10-8-17-65(44)53(68)50(63-56(70)72-6)34-15-20-74-57(3,4)27-34/h11-12,21-22,25-26,28-32,34,43-44,49-50,54H,7-10,13-20,23-24,27H2,1-6H3,(H,62,69)(H,63,70)/t34?,43-,44-,49-,50?,54?/m0/s1. The molecule has 0 saturated carbocycles. The Morgan fingerprint density at radius 1 is 0.816 bits per heavy atom. The molecule has 2 N–H and O–H groups in total. The van der Waals surface area contributed by atoms with Gasteiger partial charge in [-0.15, -0.1) is 11.3 Å². The molecule has 402 valence electrons. The quantitative estimate of drug-likeness (QED) is 0.138. The number of alkyl carbamates (subject to hydrolysis) is 2. The number of thiazole rings is 1. The minimum absolute atomic E-state index is 0.113. The van der Waals surface area contributed by atoms with Gasteiger partial charge in [0, 0.05) is 87.1 Å². The number of fused-ring (bicyclic) bond motifs is 5. The summed E-state index contributed by atoms with van der Waals surface area (Å²) >= 11 is 1.62. The van der Waals surface area contributed by atoms with E-state index in [2.05, 4.69) is 33.4 Å². The Bertz CT molecular complexity index is 3080. The summed E-state index contributed by atoms with van der Waals surface area (Å²) in [5.74, 6) is -0.318. The largest absolute Gasteiger partial charge is 0.464 e. The Morgan fingerprint density at radius 2 is 1.49 bits per heavy atom. The highest BCUT2D eigenvalue weighted by Crippen LogP contribution is 2.49. The molecule has 7 aliphatic heterocycles. The van der Waals surface area contributed by atoms with Crippen LogP contribution in [0.25, 0.3) is 33.3 Å². The minimum atomic E-state index is -0.752. The van der Waals surface area contributed by atoms with Gasteiger partial charge in [0.1, 0.15) is 23.7 Å². The van der Waals surface area contributed by atoms with Gasteiger partial charge in [-0.1, -0.05) is 19.9 Å². The van der Waals surface area contributed by atoms with Gasteiger partial charge in [0.25, 0.3) is 0 Å². The van der Waals surface area contributed by atoms with Crippen LogP contribution in [0.2, 0.25) is 0 Å². The molecule has 19 heteroatoms. The minimum Gasteiger partial charge on any atom is -0.464 e. The number of hydrogen-bond donors (Lipinski definition) is 2. The van der Waals surface area contributed by atoms with Gasteiger partial charge in [0.2, 0.25) is 18.0 Å². The molecule has 0 radical (unpaired) electrons. The van der Waals surface area contributed by atoms with E-state index in [0.29, 0.717) is 81.2 Å². The summed E-state index contributed by atoms with van der Waals surface area (Å²) in [5.41, 5.74) is 6.66. The SMILES string of the molecule is COC(=O)NC(C(=O)N1CCC[C@H]1C1=NC=C(c2ccc3c(c2)cc2n3C(c3cnc(C4CCOCC4)s3)Oc3cc(C4=CN=C([C@@H]5CCCN5C(=O)[C@@H](NC(=O)OC)C(C)C)C4)cc(F)c3-2)C1)C1CCOC(C)(C)C1. The summed E-state index contributed by atoms with van der Waals surface area (Å²) < 4.78 is 47.7. The molecular formula is C57H67FN8O9S. The number of nitrogens with one attached hydrogen (secondary N) is 2. The second-order valence-electron chi connectivity index (χ2n) is 22.1. The number of rotatable bonds is 12. The van der Waals surface area contributed by atoms with Crippen LogP contribution in [0.3, 0.4) is 0 Å². The Morgan fingerprint density at radius 3 is 2.16 bits per heavy atom. The number of amides is 4.